The van der Waals surface area contributed by atoms with E-state index in [1.165, 1.54) is 0 Å². The number of nitrogens with one attached hydrogen (secondary N) is 3. The van der Waals surface area contributed by atoms with Crippen LogP contribution in [0.15, 0.2) is 36.7 Å². The summed E-state index contributed by atoms with van der Waals surface area (Å²) in [5, 5.41) is 14.2. The minimum atomic E-state index is 0.0665. The highest BCUT2D eigenvalue weighted by atomic mass is 35.5. The number of imidazole rings is 1. The van der Waals surface area contributed by atoms with Crippen molar-refractivity contribution in [2.45, 2.75) is 50.2 Å². The zero-order valence-electron chi connectivity index (χ0n) is 17.0. The fourth-order valence-corrected chi connectivity index (χ4v) is 5.70. The second-order valence-corrected chi connectivity index (χ2v) is 9.79. The predicted octanol–water partition coefficient (Wildman–Crippen LogP) is 3.92. The quantitative estimate of drug-likeness (QED) is 0.518. The van der Waals surface area contributed by atoms with E-state index in [4.69, 9.17) is 11.6 Å². The molecule has 9 heteroatoms. The molecule has 0 amide bonds. The third-order valence-electron chi connectivity index (χ3n) is 6.05. The number of alkyl halides is 1. The van der Waals surface area contributed by atoms with Crippen molar-refractivity contribution in [1.29, 1.82) is 0 Å². The number of halogens is 1. The standard InChI is InChI=1S/C21H26ClN7S/c1-12(2)29-9-8-23-19(29)13-4-3-5-14(10-13)20-27-28-21(30-20)25-17-7-6-16-15(18(17)22)11-24-26-16/h3-5,8-10,12,15-18,24,26H,6-7,11H2,1-2H3,(H,25,28). The van der Waals surface area contributed by atoms with Gasteiger partial charge in [0, 0.05) is 54.1 Å². The van der Waals surface area contributed by atoms with Crippen molar-refractivity contribution in [3.63, 3.8) is 0 Å². The summed E-state index contributed by atoms with van der Waals surface area (Å²) < 4.78 is 2.18. The van der Waals surface area contributed by atoms with Gasteiger partial charge in [-0.05, 0) is 32.8 Å². The number of aromatic nitrogens is 4. The van der Waals surface area contributed by atoms with E-state index in [0.29, 0.717) is 18.0 Å². The summed E-state index contributed by atoms with van der Waals surface area (Å²) in [6.45, 7) is 5.23. The lowest BCUT2D eigenvalue weighted by atomic mass is 9.82. The van der Waals surface area contributed by atoms with Crippen molar-refractivity contribution in [2.75, 3.05) is 11.9 Å². The van der Waals surface area contributed by atoms with E-state index < -0.39 is 0 Å². The van der Waals surface area contributed by atoms with Gasteiger partial charge < -0.3 is 9.88 Å². The Morgan fingerprint density at radius 1 is 1.23 bits per heavy atom. The van der Waals surface area contributed by atoms with Gasteiger partial charge in [-0.1, -0.05) is 29.5 Å². The molecule has 1 aliphatic heterocycles. The lowest BCUT2D eigenvalue weighted by Gasteiger charge is -2.35. The maximum absolute atomic E-state index is 6.78. The molecule has 158 valence electrons. The van der Waals surface area contributed by atoms with Crippen molar-refractivity contribution in [1.82, 2.24) is 30.6 Å². The normalized spacial score (nSPS) is 26.1. The van der Waals surface area contributed by atoms with Crippen molar-refractivity contribution < 1.29 is 0 Å². The number of fused-ring (bicyclic) bond motifs is 1. The Balaban J connectivity index is 1.34. The molecule has 5 rings (SSSR count). The van der Waals surface area contributed by atoms with Gasteiger partial charge in [-0.25, -0.2) is 4.98 Å². The molecule has 1 saturated carbocycles. The Morgan fingerprint density at radius 3 is 2.97 bits per heavy atom. The Labute approximate surface area is 185 Å². The van der Waals surface area contributed by atoms with Crippen LogP contribution in [0, 0.1) is 5.92 Å². The third-order valence-corrected chi connectivity index (χ3v) is 7.58. The van der Waals surface area contributed by atoms with Crippen molar-refractivity contribution in [3.8, 4) is 22.0 Å². The van der Waals surface area contributed by atoms with Crippen molar-refractivity contribution in [2.24, 2.45) is 5.92 Å². The molecule has 0 radical (unpaired) electrons. The molecule has 7 nitrogen and oxygen atoms in total. The molecule has 2 fully saturated rings. The summed E-state index contributed by atoms with van der Waals surface area (Å²) in [6, 6.07) is 9.38. The van der Waals surface area contributed by atoms with Gasteiger partial charge in [0.15, 0.2) is 0 Å². The first-order valence-corrected chi connectivity index (χ1v) is 11.7. The third kappa shape index (κ3) is 3.73. The maximum Gasteiger partial charge on any atom is 0.206 e. The van der Waals surface area contributed by atoms with Crippen LogP contribution in [0.2, 0.25) is 0 Å². The summed E-state index contributed by atoms with van der Waals surface area (Å²) in [7, 11) is 0. The van der Waals surface area contributed by atoms with E-state index in [-0.39, 0.29) is 11.4 Å². The minimum Gasteiger partial charge on any atom is -0.356 e. The molecule has 30 heavy (non-hydrogen) atoms. The molecule has 0 spiro atoms. The second kappa shape index (κ2) is 8.26. The van der Waals surface area contributed by atoms with Crippen LogP contribution >= 0.6 is 22.9 Å². The van der Waals surface area contributed by atoms with Gasteiger partial charge in [0.05, 0.1) is 5.38 Å². The van der Waals surface area contributed by atoms with E-state index in [0.717, 1.165) is 46.5 Å². The van der Waals surface area contributed by atoms with Crippen LogP contribution in [0.5, 0.6) is 0 Å². The number of nitrogens with zero attached hydrogens (tertiary/aromatic N) is 4. The van der Waals surface area contributed by atoms with Crippen LogP contribution in [-0.2, 0) is 0 Å². The summed E-state index contributed by atoms with van der Waals surface area (Å²) in [5.74, 6) is 1.40. The molecule has 1 aliphatic carbocycles. The van der Waals surface area contributed by atoms with Crippen LogP contribution in [0.25, 0.3) is 22.0 Å². The molecule has 3 heterocycles. The molecule has 0 bridgehead atoms. The van der Waals surface area contributed by atoms with Gasteiger partial charge in [-0.15, -0.1) is 21.8 Å². The summed E-state index contributed by atoms with van der Waals surface area (Å²) in [5.41, 5.74) is 8.70. The fraction of sp³-hybridized carbons (Fsp3) is 0.476. The van der Waals surface area contributed by atoms with Crippen LogP contribution in [0.4, 0.5) is 5.13 Å². The number of anilines is 1. The van der Waals surface area contributed by atoms with E-state index in [1.54, 1.807) is 11.3 Å². The number of hydrogen-bond donors (Lipinski definition) is 3. The highest BCUT2D eigenvalue weighted by Crippen LogP contribution is 2.35. The molecule has 2 aromatic heterocycles. The number of benzene rings is 1. The molecular weight excluding hydrogens is 418 g/mol. The van der Waals surface area contributed by atoms with E-state index >= 15 is 0 Å². The lowest BCUT2D eigenvalue weighted by molar-refractivity contribution is 0.320. The van der Waals surface area contributed by atoms with Gasteiger partial charge in [-0.2, -0.15) is 0 Å². The van der Waals surface area contributed by atoms with Gasteiger partial charge >= 0.3 is 0 Å². The van der Waals surface area contributed by atoms with Gasteiger partial charge in [-0.3, -0.25) is 10.9 Å². The SMILES string of the molecule is CC(C)n1ccnc1-c1cccc(-c2nnc(NC3CCC4NNCC4C3Cl)s2)c1. The van der Waals surface area contributed by atoms with Crippen molar-refractivity contribution >= 4 is 28.1 Å². The molecule has 1 saturated heterocycles. The fourth-order valence-electron chi connectivity index (χ4n) is 4.45. The number of hydrazine groups is 1. The topological polar surface area (TPSA) is 79.7 Å². The van der Waals surface area contributed by atoms with Crippen molar-refractivity contribution in [3.05, 3.63) is 36.7 Å². The minimum absolute atomic E-state index is 0.0665. The van der Waals surface area contributed by atoms with Crippen LogP contribution in [0.1, 0.15) is 32.7 Å². The zero-order chi connectivity index (χ0) is 20.7. The van der Waals surface area contributed by atoms with Crippen LogP contribution in [-0.4, -0.2) is 43.8 Å². The molecule has 3 N–H and O–H groups in total. The summed E-state index contributed by atoms with van der Waals surface area (Å²) in [4.78, 5) is 4.55. The smallest absolute Gasteiger partial charge is 0.206 e. The highest BCUT2D eigenvalue weighted by molar-refractivity contribution is 7.18. The first-order valence-electron chi connectivity index (χ1n) is 10.5. The Kier molecular flexibility index (Phi) is 5.49. The summed E-state index contributed by atoms with van der Waals surface area (Å²) in [6.07, 6.45) is 6.00. The number of rotatable bonds is 5. The molecule has 4 atom stereocenters. The lowest BCUT2D eigenvalue weighted by Crippen LogP contribution is -2.47. The Morgan fingerprint density at radius 2 is 2.10 bits per heavy atom. The Bertz CT molecular complexity index is 1020. The average molecular weight is 444 g/mol. The first kappa shape index (κ1) is 19.9. The number of hydrogen-bond acceptors (Lipinski definition) is 7. The maximum atomic E-state index is 6.78. The van der Waals surface area contributed by atoms with Gasteiger partial charge in [0.2, 0.25) is 5.13 Å². The van der Waals surface area contributed by atoms with Gasteiger partial charge in [0.25, 0.3) is 0 Å². The molecule has 4 unspecified atom stereocenters. The Hall–Kier alpha value is -2.00. The van der Waals surface area contributed by atoms with Crippen LogP contribution in [0.3, 0.4) is 0 Å². The average Bonchev–Trinajstić information content (AvgIpc) is 3.51. The largest absolute Gasteiger partial charge is 0.356 e. The zero-order valence-corrected chi connectivity index (χ0v) is 18.6. The molecule has 2 aliphatic rings. The molecular formula is C21H26ClN7S. The van der Waals surface area contributed by atoms with Crippen LogP contribution < -0.4 is 16.2 Å². The highest BCUT2D eigenvalue weighted by Gasteiger charge is 2.41. The molecule has 3 aromatic rings. The van der Waals surface area contributed by atoms with E-state index in [9.17, 15) is 0 Å². The predicted molar refractivity (Wildman–Crippen MR) is 122 cm³/mol. The monoisotopic (exact) mass is 443 g/mol. The summed E-state index contributed by atoms with van der Waals surface area (Å²) >= 11 is 8.35. The molecule has 1 aromatic carbocycles. The van der Waals surface area contributed by atoms with E-state index in [2.05, 4.69) is 74.0 Å². The first-order chi connectivity index (χ1) is 14.6. The second-order valence-electron chi connectivity index (χ2n) is 8.31. The van der Waals surface area contributed by atoms with E-state index in [1.807, 2.05) is 12.4 Å². The van der Waals surface area contributed by atoms with Gasteiger partial charge in [0.1, 0.15) is 10.8 Å².